The summed E-state index contributed by atoms with van der Waals surface area (Å²) in [4.78, 5) is 13.1. The summed E-state index contributed by atoms with van der Waals surface area (Å²) in [5.41, 5.74) is 4.06. The minimum absolute atomic E-state index is 0.0117. The van der Waals surface area contributed by atoms with E-state index in [-0.39, 0.29) is 5.91 Å². The van der Waals surface area contributed by atoms with E-state index in [0.717, 1.165) is 33.0 Å². The van der Waals surface area contributed by atoms with Crippen molar-refractivity contribution in [1.82, 2.24) is 9.59 Å². The zero-order chi connectivity index (χ0) is 18.4. The van der Waals surface area contributed by atoms with Crippen molar-refractivity contribution in [3.05, 3.63) is 59.8 Å². The number of hydrogen-bond acceptors (Lipinski definition) is 5. The first-order chi connectivity index (χ1) is 12.6. The second kappa shape index (κ2) is 8.58. The number of anilines is 1. The van der Waals surface area contributed by atoms with Gasteiger partial charge in [-0.2, -0.15) is 0 Å². The van der Waals surface area contributed by atoms with E-state index in [1.165, 1.54) is 11.5 Å². The van der Waals surface area contributed by atoms with Crippen molar-refractivity contribution >= 4 is 23.1 Å². The molecule has 0 unspecified atom stereocenters. The standard InChI is InChI=1S/C20H21N3O2S/c1-14-5-3-6-15(2)20(14)25-12-4-7-19(24)22-17-10-8-16(9-11-17)18-13-21-23-26-18/h3,5-6,8-11,13H,4,7,12H2,1-2H3,(H,22,24). The van der Waals surface area contributed by atoms with Crippen molar-refractivity contribution in [2.24, 2.45) is 0 Å². The Bertz CT molecular complexity index is 841. The van der Waals surface area contributed by atoms with E-state index >= 15 is 0 Å². The van der Waals surface area contributed by atoms with Crippen LogP contribution in [0.4, 0.5) is 5.69 Å². The molecule has 2 aromatic carbocycles. The Kier molecular flexibility index (Phi) is 5.96. The summed E-state index contributed by atoms with van der Waals surface area (Å²) in [7, 11) is 0. The van der Waals surface area contributed by atoms with Crippen LogP contribution in [0.1, 0.15) is 24.0 Å². The summed E-state index contributed by atoms with van der Waals surface area (Å²) in [5.74, 6) is 0.906. The number of ether oxygens (including phenoxy) is 1. The molecule has 26 heavy (non-hydrogen) atoms. The maximum atomic E-state index is 12.1. The molecule has 0 saturated heterocycles. The van der Waals surface area contributed by atoms with Gasteiger partial charge in [-0.3, -0.25) is 4.79 Å². The third-order valence-electron chi connectivity index (χ3n) is 4.02. The van der Waals surface area contributed by atoms with Gasteiger partial charge in [-0.25, -0.2) is 0 Å². The first kappa shape index (κ1) is 18.1. The number of aromatic nitrogens is 2. The van der Waals surface area contributed by atoms with Crippen LogP contribution in [0.2, 0.25) is 0 Å². The highest BCUT2D eigenvalue weighted by molar-refractivity contribution is 7.09. The van der Waals surface area contributed by atoms with Gasteiger partial charge in [0.25, 0.3) is 0 Å². The summed E-state index contributed by atoms with van der Waals surface area (Å²) in [6, 6.07) is 13.8. The Balaban J connectivity index is 1.44. The molecule has 1 aromatic heterocycles. The normalized spacial score (nSPS) is 10.5. The summed E-state index contributed by atoms with van der Waals surface area (Å²) >= 11 is 1.35. The molecule has 6 heteroatoms. The molecule has 1 amide bonds. The number of amides is 1. The Morgan fingerprint density at radius 1 is 1.12 bits per heavy atom. The third kappa shape index (κ3) is 4.67. The number of nitrogens with zero attached hydrogens (tertiary/aromatic N) is 2. The molecule has 3 rings (SSSR count). The first-order valence-electron chi connectivity index (χ1n) is 8.50. The molecule has 5 nitrogen and oxygen atoms in total. The fraction of sp³-hybridized carbons (Fsp3) is 0.250. The number of nitrogens with one attached hydrogen (secondary N) is 1. The summed E-state index contributed by atoms with van der Waals surface area (Å²) in [6.07, 6.45) is 2.82. The summed E-state index contributed by atoms with van der Waals surface area (Å²) < 4.78 is 9.69. The molecule has 0 saturated carbocycles. The predicted molar refractivity (Wildman–Crippen MR) is 105 cm³/mol. The number of carbonyl (C=O) groups is 1. The van der Waals surface area contributed by atoms with Gasteiger partial charge in [0.2, 0.25) is 5.91 Å². The minimum atomic E-state index is -0.0117. The molecule has 0 spiro atoms. The zero-order valence-electron chi connectivity index (χ0n) is 14.9. The third-order valence-corrected chi connectivity index (χ3v) is 4.73. The van der Waals surface area contributed by atoms with Crippen LogP contribution < -0.4 is 10.1 Å². The van der Waals surface area contributed by atoms with Crippen molar-refractivity contribution in [3.8, 4) is 16.2 Å². The second-order valence-corrected chi connectivity index (χ2v) is 6.87. The molecule has 0 aliphatic heterocycles. The highest BCUT2D eigenvalue weighted by Gasteiger charge is 2.06. The van der Waals surface area contributed by atoms with Gasteiger partial charge in [-0.05, 0) is 60.6 Å². The fourth-order valence-corrected chi connectivity index (χ4v) is 3.19. The summed E-state index contributed by atoms with van der Waals surface area (Å²) in [5, 5.41) is 6.74. The molecule has 0 aliphatic rings. The molecule has 134 valence electrons. The Morgan fingerprint density at radius 2 is 1.85 bits per heavy atom. The molecule has 3 aromatic rings. The van der Waals surface area contributed by atoms with E-state index in [2.05, 4.69) is 14.9 Å². The lowest BCUT2D eigenvalue weighted by Crippen LogP contribution is -2.13. The smallest absolute Gasteiger partial charge is 0.224 e. The molecule has 0 aliphatic carbocycles. The van der Waals surface area contributed by atoms with E-state index in [0.29, 0.717) is 19.4 Å². The maximum Gasteiger partial charge on any atom is 0.224 e. The SMILES string of the molecule is Cc1cccc(C)c1OCCCC(=O)Nc1ccc(-c2cnns2)cc1. The van der Waals surface area contributed by atoms with Gasteiger partial charge in [0, 0.05) is 12.1 Å². The van der Waals surface area contributed by atoms with E-state index in [1.807, 2.05) is 56.3 Å². The largest absolute Gasteiger partial charge is 0.493 e. The zero-order valence-corrected chi connectivity index (χ0v) is 15.7. The van der Waals surface area contributed by atoms with Crippen LogP contribution in [0.3, 0.4) is 0 Å². The molecule has 0 atom stereocenters. The van der Waals surface area contributed by atoms with Crippen LogP contribution in [0.25, 0.3) is 10.4 Å². The molecule has 0 fully saturated rings. The van der Waals surface area contributed by atoms with E-state index in [4.69, 9.17) is 4.74 Å². The van der Waals surface area contributed by atoms with Crippen LogP contribution in [0, 0.1) is 13.8 Å². The highest BCUT2D eigenvalue weighted by atomic mass is 32.1. The Morgan fingerprint density at radius 3 is 2.50 bits per heavy atom. The van der Waals surface area contributed by atoms with Gasteiger partial charge in [-0.15, -0.1) is 5.10 Å². The van der Waals surface area contributed by atoms with Crippen molar-refractivity contribution < 1.29 is 9.53 Å². The second-order valence-electron chi connectivity index (χ2n) is 6.08. The lowest BCUT2D eigenvalue weighted by atomic mass is 10.1. The van der Waals surface area contributed by atoms with Crippen molar-refractivity contribution in [2.75, 3.05) is 11.9 Å². The molecule has 1 N–H and O–H groups in total. The number of rotatable bonds is 7. The van der Waals surface area contributed by atoms with Crippen molar-refractivity contribution in [3.63, 3.8) is 0 Å². The van der Waals surface area contributed by atoms with Crippen LogP contribution in [0.5, 0.6) is 5.75 Å². The number of aryl methyl sites for hydroxylation is 2. The first-order valence-corrected chi connectivity index (χ1v) is 9.27. The van der Waals surface area contributed by atoms with Crippen LogP contribution in [-0.2, 0) is 4.79 Å². The molecule has 1 heterocycles. The van der Waals surface area contributed by atoms with Gasteiger partial charge >= 0.3 is 0 Å². The van der Waals surface area contributed by atoms with Gasteiger partial charge in [0.15, 0.2) is 0 Å². The lowest BCUT2D eigenvalue weighted by Gasteiger charge is -2.12. The molecule has 0 radical (unpaired) electrons. The predicted octanol–water partition coefficient (Wildman–Crippen LogP) is 4.62. The quantitative estimate of drug-likeness (QED) is 0.619. The van der Waals surface area contributed by atoms with E-state index in [9.17, 15) is 4.79 Å². The van der Waals surface area contributed by atoms with Crippen LogP contribution in [-0.4, -0.2) is 22.1 Å². The average molecular weight is 367 g/mol. The number of benzene rings is 2. The van der Waals surface area contributed by atoms with Gasteiger partial charge in [-0.1, -0.05) is 34.8 Å². The van der Waals surface area contributed by atoms with Crippen LogP contribution in [0.15, 0.2) is 48.7 Å². The average Bonchev–Trinajstić information content (AvgIpc) is 3.16. The Labute approximate surface area is 157 Å². The number of hydrogen-bond donors (Lipinski definition) is 1. The van der Waals surface area contributed by atoms with Crippen molar-refractivity contribution in [2.45, 2.75) is 26.7 Å². The lowest BCUT2D eigenvalue weighted by molar-refractivity contribution is -0.116. The number of para-hydroxylation sites is 1. The van der Waals surface area contributed by atoms with Crippen LogP contribution >= 0.6 is 11.5 Å². The maximum absolute atomic E-state index is 12.1. The minimum Gasteiger partial charge on any atom is -0.493 e. The fourth-order valence-electron chi connectivity index (χ4n) is 2.67. The number of carbonyl (C=O) groups excluding carboxylic acids is 1. The topological polar surface area (TPSA) is 64.1 Å². The van der Waals surface area contributed by atoms with Gasteiger partial charge in [0.05, 0.1) is 17.7 Å². The monoisotopic (exact) mass is 367 g/mol. The van der Waals surface area contributed by atoms with E-state index in [1.54, 1.807) is 6.20 Å². The highest BCUT2D eigenvalue weighted by Crippen LogP contribution is 2.24. The van der Waals surface area contributed by atoms with Gasteiger partial charge in [0.1, 0.15) is 5.75 Å². The molecule has 0 bridgehead atoms. The van der Waals surface area contributed by atoms with Crippen molar-refractivity contribution in [1.29, 1.82) is 0 Å². The molecular formula is C20H21N3O2S. The van der Waals surface area contributed by atoms with E-state index < -0.39 is 0 Å². The summed E-state index contributed by atoms with van der Waals surface area (Å²) in [6.45, 7) is 4.58. The van der Waals surface area contributed by atoms with Gasteiger partial charge < -0.3 is 10.1 Å². The molecular weight excluding hydrogens is 346 g/mol. The Hall–Kier alpha value is -2.73.